The average Bonchev–Trinajstić information content (AvgIpc) is 2.41. The van der Waals surface area contributed by atoms with Crippen LogP contribution in [0.2, 0.25) is 0 Å². The summed E-state index contributed by atoms with van der Waals surface area (Å²) in [5, 5.41) is 13.1. The quantitative estimate of drug-likeness (QED) is 0.529. The van der Waals surface area contributed by atoms with Crippen LogP contribution in [0.15, 0.2) is 36.4 Å². The monoisotopic (exact) mass is 265 g/mol. The third-order valence-corrected chi connectivity index (χ3v) is 2.57. The lowest BCUT2D eigenvalue weighted by atomic mass is 10.1. The van der Waals surface area contributed by atoms with Crippen molar-refractivity contribution < 1.29 is 14.6 Å². The number of rotatable bonds is 9. The molecule has 4 heteroatoms. The van der Waals surface area contributed by atoms with Crippen LogP contribution in [0.1, 0.15) is 18.6 Å². The van der Waals surface area contributed by atoms with Gasteiger partial charge in [0.15, 0.2) is 0 Å². The van der Waals surface area contributed by atoms with Gasteiger partial charge in [0, 0.05) is 20.2 Å². The Kier molecular flexibility index (Phi) is 7.18. The van der Waals surface area contributed by atoms with Crippen molar-refractivity contribution in [2.24, 2.45) is 0 Å². The van der Waals surface area contributed by atoms with Crippen LogP contribution in [-0.4, -0.2) is 38.5 Å². The first-order valence-electron chi connectivity index (χ1n) is 6.38. The van der Waals surface area contributed by atoms with E-state index in [1.807, 2.05) is 31.2 Å². The lowest BCUT2D eigenvalue weighted by Crippen LogP contribution is -2.24. The van der Waals surface area contributed by atoms with Crippen LogP contribution in [0.5, 0.6) is 5.75 Å². The number of aliphatic hydroxyl groups is 1. The molecule has 0 aromatic heterocycles. The summed E-state index contributed by atoms with van der Waals surface area (Å²) in [6, 6.07) is 7.46. The van der Waals surface area contributed by atoms with Crippen molar-refractivity contribution in [3.8, 4) is 5.75 Å². The highest BCUT2D eigenvalue weighted by molar-refractivity contribution is 5.29. The fraction of sp³-hybridized carbons (Fsp3) is 0.467. The van der Waals surface area contributed by atoms with Crippen LogP contribution in [0.4, 0.5) is 0 Å². The summed E-state index contributed by atoms with van der Waals surface area (Å²) >= 11 is 0. The Labute approximate surface area is 115 Å². The van der Waals surface area contributed by atoms with Gasteiger partial charge in [0.25, 0.3) is 0 Å². The molecule has 0 bridgehead atoms. The highest BCUT2D eigenvalue weighted by Gasteiger charge is 2.06. The van der Waals surface area contributed by atoms with Gasteiger partial charge in [-0.1, -0.05) is 18.7 Å². The van der Waals surface area contributed by atoms with Crippen molar-refractivity contribution in [1.82, 2.24) is 5.32 Å². The summed E-state index contributed by atoms with van der Waals surface area (Å²) in [5.41, 5.74) is 1.85. The minimum Gasteiger partial charge on any atom is -0.489 e. The first-order valence-corrected chi connectivity index (χ1v) is 6.38. The molecule has 19 heavy (non-hydrogen) atoms. The molecule has 0 heterocycles. The summed E-state index contributed by atoms with van der Waals surface area (Å²) in [4.78, 5) is 0. The highest BCUT2D eigenvalue weighted by atomic mass is 16.5. The lowest BCUT2D eigenvalue weighted by Gasteiger charge is -2.13. The molecule has 0 fully saturated rings. The molecule has 1 aromatic carbocycles. The second-order valence-electron chi connectivity index (χ2n) is 4.53. The van der Waals surface area contributed by atoms with Gasteiger partial charge in [-0.15, -0.1) is 0 Å². The molecule has 1 atom stereocenters. The number of methoxy groups -OCH3 is 1. The van der Waals surface area contributed by atoms with Crippen LogP contribution in [0.25, 0.3) is 0 Å². The number of hydrogen-bond donors (Lipinski definition) is 2. The summed E-state index contributed by atoms with van der Waals surface area (Å²) in [6.45, 7) is 8.09. The molecule has 4 nitrogen and oxygen atoms in total. The van der Waals surface area contributed by atoms with Crippen LogP contribution < -0.4 is 10.1 Å². The molecule has 0 saturated heterocycles. The molecule has 1 rings (SSSR count). The van der Waals surface area contributed by atoms with E-state index in [0.717, 1.165) is 23.4 Å². The van der Waals surface area contributed by atoms with E-state index in [1.165, 1.54) is 0 Å². The molecule has 0 amide bonds. The number of ether oxygens (including phenoxy) is 2. The Bertz CT molecular complexity index is 375. The van der Waals surface area contributed by atoms with E-state index >= 15 is 0 Å². The van der Waals surface area contributed by atoms with Crippen LogP contribution in [0, 0.1) is 0 Å². The predicted octanol–water partition coefficient (Wildman–Crippen LogP) is 1.91. The van der Waals surface area contributed by atoms with Crippen molar-refractivity contribution in [2.75, 3.05) is 33.4 Å². The Morgan fingerprint density at radius 2 is 2.05 bits per heavy atom. The van der Waals surface area contributed by atoms with E-state index in [0.29, 0.717) is 19.8 Å². The zero-order chi connectivity index (χ0) is 14.1. The molecule has 0 aliphatic rings. The number of benzene rings is 1. The van der Waals surface area contributed by atoms with E-state index in [1.54, 1.807) is 7.11 Å². The van der Waals surface area contributed by atoms with Crippen molar-refractivity contribution in [1.29, 1.82) is 0 Å². The highest BCUT2D eigenvalue weighted by Crippen LogP contribution is 2.17. The van der Waals surface area contributed by atoms with E-state index in [9.17, 15) is 5.11 Å². The molecular formula is C15H23NO3. The summed E-state index contributed by atoms with van der Waals surface area (Å²) in [6.07, 6.45) is -0.521. The Balaban J connectivity index is 2.39. The fourth-order valence-electron chi connectivity index (χ4n) is 1.52. The maximum atomic E-state index is 9.97. The molecule has 2 N–H and O–H groups in total. The first kappa shape index (κ1) is 15.7. The Morgan fingerprint density at radius 3 is 2.63 bits per heavy atom. The summed E-state index contributed by atoms with van der Waals surface area (Å²) < 4.78 is 10.4. The number of nitrogens with one attached hydrogen (secondary N) is 1. The predicted molar refractivity (Wildman–Crippen MR) is 76.5 cm³/mol. The molecular weight excluding hydrogens is 242 g/mol. The van der Waals surface area contributed by atoms with Gasteiger partial charge in [0.2, 0.25) is 0 Å². The molecule has 1 unspecified atom stereocenters. The lowest BCUT2D eigenvalue weighted by molar-refractivity contribution is 0.161. The van der Waals surface area contributed by atoms with E-state index in [4.69, 9.17) is 9.47 Å². The van der Waals surface area contributed by atoms with Gasteiger partial charge >= 0.3 is 0 Å². The molecule has 0 spiro atoms. The minimum atomic E-state index is -0.521. The fourth-order valence-corrected chi connectivity index (χ4v) is 1.52. The average molecular weight is 265 g/mol. The van der Waals surface area contributed by atoms with Gasteiger partial charge in [-0.3, -0.25) is 0 Å². The van der Waals surface area contributed by atoms with Gasteiger partial charge in [0.1, 0.15) is 12.4 Å². The van der Waals surface area contributed by atoms with Crippen LogP contribution in [0.3, 0.4) is 0 Å². The third kappa shape index (κ3) is 6.38. The van der Waals surface area contributed by atoms with E-state index in [-0.39, 0.29) is 0 Å². The van der Waals surface area contributed by atoms with E-state index < -0.39 is 6.10 Å². The van der Waals surface area contributed by atoms with Gasteiger partial charge in [0.05, 0.1) is 12.7 Å². The minimum absolute atomic E-state index is 0.509. The molecule has 0 radical (unpaired) electrons. The van der Waals surface area contributed by atoms with Gasteiger partial charge in [-0.05, 0) is 30.2 Å². The second kappa shape index (κ2) is 8.69. The molecule has 1 aromatic rings. The van der Waals surface area contributed by atoms with Crippen LogP contribution >= 0.6 is 0 Å². The van der Waals surface area contributed by atoms with Crippen LogP contribution in [-0.2, 0) is 4.74 Å². The zero-order valence-electron chi connectivity index (χ0n) is 11.7. The van der Waals surface area contributed by atoms with Crippen molar-refractivity contribution in [3.63, 3.8) is 0 Å². The molecule has 0 aliphatic carbocycles. The Morgan fingerprint density at radius 1 is 1.37 bits per heavy atom. The maximum absolute atomic E-state index is 9.97. The summed E-state index contributed by atoms with van der Waals surface area (Å²) in [5.74, 6) is 0.784. The van der Waals surface area contributed by atoms with Crippen molar-refractivity contribution >= 4 is 0 Å². The molecule has 106 valence electrons. The van der Waals surface area contributed by atoms with Gasteiger partial charge in [-0.25, -0.2) is 0 Å². The maximum Gasteiger partial charge on any atom is 0.119 e. The van der Waals surface area contributed by atoms with Gasteiger partial charge < -0.3 is 19.9 Å². The SMILES string of the molecule is C=C(C)COc1ccc(C(O)CNCCOC)cc1. The number of aliphatic hydroxyl groups excluding tert-OH is 1. The first-order chi connectivity index (χ1) is 9.13. The topological polar surface area (TPSA) is 50.7 Å². The number of hydrogen-bond acceptors (Lipinski definition) is 4. The zero-order valence-corrected chi connectivity index (χ0v) is 11.7. The van der Waals surface area contributed by atoms with Crippen molar-refractivity contribution in [2.45, 2.75) is 13.0 Å². The normalized spacial score (nSPS) is 12.2. The van der Waals surface area contributed by atoms with E-state index in [2.05, 4.69) is 11.9 Å². The largest absolute Gasteiger partial charge is 0.489 e. The Hall–Kier alpha value is -1.36. The molecule has 0 saturated carbocycles. The summed E-state index contributed by atoms with van der Waals surface area (Å²) in [7, 11) is 1.65. The molecule has 0 aliphatic heterocycles. The van der Waals surface area contributed by atoms with Gasteiger partial charge in [-0.2, -0.15) is 0 Å². The second-order valence-corrected chi connectivity index (χ2v) is 4.53. The third-order valence-electron chi connectivity index (χ3n) is 2.57. The van der Waals surface area contributed by atoms with Crippen molar-refractivity contribution in [3.05, 3.63) is 42.0 Å². The smallest absolute Gasteiger partial charge is 0.119 e. The standard InChI is InChI=1S/C15H23NO3/c1-12(2)11-19-14-6-4-13(5-7-14)15(17)10-16-8-9-18-3/h4-7,15-17H,1,8-11H2,2-3H3.